The molecule has 68 valence electrons. The van der Waals surface area contributed by atoms with E-state index in [1.807, 2.05) is 0 Å². The Morgan fingerprint density at radius 3 is 2.77 bits per heavy atom. The lowest BCUT2D eigenvalue weighted by Gasteiger charge is -2.05. The van der Waals surface area contributed by atoms with E-state index in [2.05, 4.69) is 16.8 Å². The number of hydrogen-bond donors (Lipinski definition) is 2. The van der Waals surface area contributed by atoms with Gasteiger partial charge in [0.25, 0.3) is 0 Å². The summed E-state index contributed by atoms with van der Waals surface area (Å²) in [4.78, 5) is 3.98. The Labute approximate surface area is 77.6 Å². The van der Waals surface area contributed by atoms with Crippen LogP contribution in [0.25, 0.3) is 0 Å². The van der Waals surface area contributed by atoms with E-state index < -0.39 is 5.60 Å². The molecule has 3 heteroatoms. The molecule has 0 atom stereocenters. The second-order valence-electron chi connectivity index (χ2n) is 3.28. The Morgan fingerprint density at radius 1 is 1.54 bits per heavy atom. The second kappa shape index (κ2) is 3.46. The SMILES string of the molecule is CC(C)(O)C#Cc1cc(N)ccn1. The Kier molecular flexibility index (Phi) is 2.54. The highest BCUT2D eigenvalue weighted by Crippen LogP contribution is 2.02. The molecule has 0 saturated carbocycles. The lowest BCUT2D eigenvalue weighted by molar-refractivity contribution is 0.143. The van der Waals surface area contributed by atoms with Crippen molar-refractivity contribution in [2.24, 2.45) is 0 Å². The van der Waals surface area contributed by atoms with E-state index in [9.17, 15) is 5.11 Å². The number of nitrogens with zero attached hydrogens (tertiary/aromatic N) is 1. The van der Waals surface area contributed by atoms with Crippen molar-refractivity contribution in [3.63, 3.8) is 0 Å². The van der Waals surface area contributed by atoms with Crippen LogP contribution in [0.1, 0.15) is 19.5 Å². The molecule has 0 spiro atoms. The minimum Gasteiger partial charge on any atom is -0.399 e. The highest BCUT2D eigenvalue weighted by Gasteiger charge is 2.05. The molecule has 0 amide bonds. The van der Waals surface area contributed by atoms with Gasteiger partial charge in [-0.25, -0.2) is 4.98 Å². The van der Waals surface area contributed by atoms with Crippen LogP contribution in [-0.2, 0) is 0 Å². The maximum absolute atomic E-state index is 9.32. The summed E-state index contributed by atoms with van der Waals surface area (Å²) in [7, 11) is 0. The van der Waals surface area contributed by atoms with Gasteiger partial charge in [-0.3, -0.25) is 0 Å². The number of nitrogen functional groups attached to an aromatic ring is 1. The third kappa shape index (κ3) is 3.59. The topological polar surface area (TPSA) is 59.1 Å². The number of aliphatic hydroxyl groups is 1. The predicted octanol–water partition coefficient (Wildman–Crippen LogP) is 0.786. The highest BCUT2D eigenvalue weighted by atomic mass is 16.3. The van der Waals surface area contributed by atoms with E-state index in [-0.39, 0.29) is 0 Å². The summed E-state index contributed by atoms with van der Waals surface area (Å²) in [5.41, 5.74) is 5.73. The molecule has 3 N–H and O–H groups in total. The van der Waals surface area contributed by atoms with E-state index in [4.69, 9.17) is 5.73 Å². The Hall–Kier alpha value is -1.53. The molecule has 13 heavy (non-hydrogen) atoms. The fourth-order valence-electron chi connectivity index (χ4n) is 0.732. The average molecular weight is 176 g/mol. The normalized spacial score (nSPS) is 10.4. The van der Waals surface area contributed by atoms with Gasteiger partial charge in [-0.05, 0) is 31.9 Å². The van der Waals surface area contributed by atoms with Gasteiger partial charge in [0, 0.05) is 11.9 Å². The smallest absolute Gasteiger partial charge is 0.120 e. The van der Waals surface area contributed by atoms with Crippen LogP contribution < -0.4 is 5.73 Å². The van der Waals surface area contributed by atoms with Crippen LogP contribution in [0, 0.1) is 11.8 Å². The van der Waals surface area contributed by atoms with E-state index in [0.29, 0.717) is 11.4 Å². The summed E-state index contributed by atoms with van der Waals surface area (Å²) in [6.07, 6.45) is 1.59. The van der Waals surface area contributed by atoms with Crippen LogP contribution in [-0.4, -0.2) is 15.7 Å². The number of rotatable bonds is 0. The van der Waals surface area contributed by atoms with Gasteiger partial charge in [0.1, 0.15) is 11.3 Å². The van der Waals surface area contributed by atoms with Gasteiger partial charge in [-0.2, -0.15) is 0 Å². The number of hydrogen-bond acceptors (Lipinski definition) is 3. The first kappa shape index (κ1) is 9.56. The first-order valence-corrected chi connectivity index (χ1v) is 3.94. The molecule has 0 saturated heterocycles. The third-order valence-corrected chi connectivity index (χ3v) is 1.28. The standard InChI is InChI=1S/C10H12N2O/c1-10(2,13)5-3-9-7-8(11)4-6-12-9/h4,6-7,13H,1-2H3,(H2,11,12). The van der Waals surface area contributed by atoms with Crippen molar-refractivity contribution < 1.29 is 5.11 Å². The molecule has 0 aromatic carbocycles. The lowest BCUT2D eigenvalue weighted by atomic mass is 10.1. The molecule has 1 aromatic heterocycles. The summed E-state index contributed by atoms with van der Waals surface area (Å²) < 4.78 is 0. The Balaban J connectivity index is 2.90. The molecule has 0 unspecified atom stereocenters. The van der Waals surface area contributed by atoms with Crippen LogP contribution in [0.2, 0.25) is 0 Å². The largest absolute Gasteiger partial charge is 0.399 e. The van der Waals surface area contributed by atoms with Crippen LogP contribution in [0.4, 0.5) is 5.69 Å². The summed E-state index contributed by atoms with van der Waals surface area (Å²) in [5.74, 6) is 5.39. The summed E-state index contributed by atoms with van der Waals surface area (Å²) >= 11 is 0. The third-order valence-electron chi connectivity index (χ3n) is 1.28. The van der Waals surface area contributed by atoms with Crippen molar-refractivity contribution >= 4 is 5.69 Å². The first-order chi connectivity index (χ1) is 5.97. The minimum atomic E-state index is -0.994. The van der Waals surface area contributed by atoms with Crippen LogP contribution in [0.5, 0.6) is 0 Å². The molecule has 0 radical (unpaired) electrons. The number of anilines is 1. The summed E-state index contributed by atoms with van der Waals surface area (Å²) in [6, 6.07) is 3.36. The number of nitrogens with two attached hydrogens (primary N) is 1. The Morgan fingerprint density at radius 2 is 2.23 bits per heavy atom. The Bertz CT molecular complexity index is 355. The maximum atomic E-state index is 9.32. The fraction of sp³-hybridized carbons (Fsp3) is 0.300. The van der Waals surface area contributed by atoms with Crippen molar-refractivity contribution in [1.29, 1.82) is 0 Å². The van der Waals surface area contributed by atoms with Gasteiger partial charge >= 0.3 is 0 Å². The molecule has 1 rings (SSSR count). The quantitative estimate of drug-likeness (QED) is 0.574. The van der Waals surface area contributed by atoms with Gasteiger partial charge in [-0.1, -0.05) is 5.92 Å². The van der Waals surface area contributed by atoms with Crippen molar-refractivity contribution in [2.45, 2.75) is 19.4 Å². The molecule has 0 aliphatic rings. The second-order valence-corrected chi connectivity index (χ2v) is 3.28. The first-order valence-electron chi connectivity index (χ1n) is 3.94. The molecule has 0 bridgehead atoms. The van der Waals surface area contributed by atoms with Crippen LogP contribution >= 0.6 is 0 Å². The maximum Gasteiger partial charge on any atom is 0.120 e. The van der Waals surface area contributed by atoms with Crippen molar-refractivity contribution in [2.75, 3.05) is 5.73 Å². The van der Waals surface area contributed by atoms with Gasteiger partial charge in [-0.15, -0.1) is 0 Å². The zero-order valence-corrected chi connectivity index (χ0v) is 7.70. The molecule has 0 fully saturated rings. The van der Waals surface area contributed by atoms with Crippen molar-refractivity contribution in [3.8, 4) is 11.8 Å². The molecule has 3 nitrogen and oxygen atoms in total. The van der Waals surface area contributed by atoms with Gasteiger partial charge < -0.3 is 10.8 Å². The van der Waals surface area contributed by atoms with E-state index >= 15 is 0 Å². The monoisotopic (exact) mass is 176 g/mol. The van der Waals surface area contributed by atoms with Crippen molar-refractivity contribution in [1.82, 2.24) is 4.98 Å². The summed E-state index contributed by atoms with van der Waals surface area (Å²) in [6.45, 7) is 3.23. The number of pyridine rings is 1. The van der Waals surface area contributed by atoms with Gasteiger partial charge in [0.2, 0.25) is 0 Å². The molecule has 0 aliphatic heterocycles. The lowest BCUT2D eigenvalue weighted by Crippen LogP contribution is -2.14. The van der Waals surface area contributed by atoms with Crippen LogP contribution in [0.15, 0.2) is 18.3 Å². The van der Waals surface area contributed by atoms with E-state index in [1.54, 1.807) is 32.2 Å². The number of aromatic nitrogens is 1. The fourth-order valence-corrected chi connectivity index (χ4v) is 0.732. The predicted molar refractivity (Wildman–Crippen MR) is 51.8 cm³/mol. The highest BCUT2D eigenvalue weighted by molar-refractivity contribution is 5.43. The van der Waals surface area contributed by atoms with E-state index in [1.165, 1.54) is 0 Å². The van der Waals surface area contributed by atoms with Gasteiger partial charge in [0.15, 0.2) is 0 Å². The van der Waals surface area contributed by atoms with Crippen molar-refractivity contribution in [3.05, 3.63) is 24.0 Å². The molecular formula is C10H12N2O. The zero-order valence-electron chi connectivity index (χ0n) is 7.70. The van der Waals surface area contributed by atoms with Gasteiger partial charge in [0.05, 0.1) is 0 Å². The summed E-state index contributed by atoms with van der Waals surface area (Å²) in [5, 5.41) is 9.32. The molecule has 0 aliphatic carbocycles. The average Bonchev–Trinajstić information content (AvgIpc) is 2.00. The minimum absolute atomic E-state index is 0.571. The molecule has 1 heterocycles. The van der Waals surface area contributed by atoms with Crippen LogP contribution in [0.3, 0.4) is 0 Å². The van der Waals surface area contributed by atoms with E-state index in [0.717, 1.165) is 0 Å². The zero-order chi connectivity index (χ0) is 9.90. The molecular weight excluding hydrogens is 164 g/mol. The molecule has 1 aromatic rings.